The molecule has 0 bridgehead atoms. The Labute approximate surface area is 175 Å². The van der Waals surface area contributed by atoms with Gasteiger partial charge in [0.1, 0.15) is 5.75 Å². The van der Waals surface area contributed by atoms with E-state index >= 15 is 0 Å². The number of hydrogen-bond donors (Lipinski definition) is 1. The minimum absolute atomic E-state index is 0. The van der Waals surface area contributed by atoms with E-state index in [1.807, 2.05) is 6.07 Å². The Morgan fingerprint density at radius 2 is 1.73 bits per heavy atom. The second-order valence-corrected chi connectivity index (χ2v) is 7.14. The highest BCUT2D eigenvalue weighted by Crippen LogP contribution is 2.28. The Bertz CT molecular complexity index is 567. The van der Waals surface area contributed by atoms with Gasteiger partial charge in [-0.3, -0.25) is 9.89 Å². The first kappa shape index (κ1) is 21.3. The average molecular weight is 472 g/mol. The number of rotatable bonds is 5. The van der Waals surface area contributed by atoms with Crippen LogP contribution in [0.3, 0.4) is 0 Å². The summed E-state index contributed by atoms with van der Waals surface area (Å²) in [6.07, 6.45) is 7.61. The zero-order valence-electron chi connectivity index (χ0n) is 15.9. The van der Waals surface area contributed by atoms with Crippen LogP contribution in [0.15, 0.2) is 29.3 Å². The van der Waals surface area contributed by atoms with Gasteiger partial charge in [0.15, 0.2) is 5.96 Å². The Morgan fingerprint density at radius 3 is 2.38 bits per heavy atom. The lowest BCUT2D eigenvalue weighted by molar-refractivity contribution is 0.250. The number of halogens is 1. The number of likely N-dealkylation sites (tertiary alicyclic amines) is 2. The van der Waals surface area contributed by atoms with Crippen LogP contribution in [0.5, 0.6) is 5.75 Å². The summed E-state index contributed by atoms with van der Waals surface area (Å²) in [6.45, 7) is 5.09. The van der Waals surface area contributed by atoms with Crippen molar-refractivity contribution in [2.75, 3.05) is 39.8 Å². The molecule has 0 aliphatic carbocycles. The van der Waals surface area contributed by atoms with E-state index < -0.39 is 0 Å². The second-order valence-electron chi connectivity index (χ2n) is 7.14. The van der Waals surface area contributed by atoms with Crippen molar-refractivity contribution < 1.29 is 4.74 Å². The maximum atomic E-state index is 6.33. The number of aliphatic imine (C=N–C) groups is 1. The Hall–Kier alpha value is -1.02. The summed E-state index contributed by atoms with van der Waals surface area (Å²) in [5.41, 5.74) is 7.60. The van der Waals surface area contributed by atoms with Gasteiger partial charge in [-0.15, -0.1) is 24.0 Å². The van der Waals surface area contributed by atoms with Gasteiger partial charge in [-0.05, 0) is 56.5 Å². The molecule has 6 heteroatoms. The van der Waals surface area contributed by atoms with Crippen LogP contribution in [0.4, 0.5) is 0 Å². The van der Waals surface area contributed by atoms with Gasteiger partial charge < -0.3 is 15.4 Å². The summed E-state index contributed by atoms with van der Waals surface area (Å²) in [4.78, 5) is 9.60. The monoisotopic (exact) mass is 472 g/mol. The van der Waals surface area contributed by atoms with Crippen molar-refractivity contribution in [3.8, 4) is 5.75 Å². The number of methoxy groups -OCH3 is 1. The van der Waals surface area contributed by atoms with Crippen LogP contribution in [-0.2, 0) is 0 Å². The summed E-state index contributed by atoms with van der Waals surface area (Å²) < 4.78 is 5.42. The summed E-state index contributed by atoms with van der Waals surface area (Å²) in [6, 6.07) is 8.67. The molecule has 0 spiro atoms. The standard InChI is InChI=1S/C20H32N4O.HI/c1-25-18-10-8-9-17(15-18)19(23-11-6-7-12-23)16-22-20(21)24-13-4-2-3-5-14-24;/h8-10,15,19H,2-7,11-14,16H2,1H3,(H2,21,22);1H. The number of guanidine groups is 1. The summed E-state index contributed by atoms with van der Waals surface area (Å²) in [5, 5.41) is 0. The molecule has 0 saturated carbocycles. The van der Waals surface area contributed by atoms with E-state index in [2.05, 4.69) is 28.0 Å². The molecular formula is C20H33IN4O. The zero-order chi connectivity index (χ0) is 17.5. The van der Waals surface area contributed by atoms with Crippen molar-refractivity contribution in [3.05, 3.63) is 29.8 Å². The van der Waals surface area contributed by atoms with Crippen LogP contribution >= 0.6 is 24.0 Å². The molecule has 2 aliphatic heterocycles. The van der Waals surface area contributed by atoms with Crippen molar-refractivity contribution in [1.29, 1.82) is 0 Å². The second kappa shape index (κ2) is 11.0. The van der Waals surface area contributed by atoms with E-state index in [-0.39, 0.29) is 30.0 Å². The van der Waals surface area contributed by atoms with Crippen molar-refractivity contribution in [3.63, 3.8) is 0 Å². The van der Waals surface area contributed by atoms with Gasteiger partial charge in [-0.1, -0.05) is 25.0 Å². The fourth-order valence-electron chi connectivity index (χ4n) is 3.91. The molecule has 2 fully saturated rings. The van der Waals surface area contributed by atoms with Gasteiger partial charge in [-0.2, -0.15) is 0 Å². The topological polar surface area (TPSA) is 54.1 Å². The lowest BCUT2D eigenvalue weighted by Crippen LogP contribution is -2.39. The first-order valence-electron chi connectivity index (χ1n) is 9.71. The molecule has 1 aromatic rings. The summed E-state index contributed by atoms with van der Waals surface area (Å²) in [7, 11) is 1.72. The minimum Gasteiger partial charge on any atom is -0.497 e. The number of nitrogens with zero attached hydrogens (tertiary/aromatic N) is 3. The van der Waals surface area contributed by atoms with E-state index in [4.69, 9.17) is 15.5 Å². The maximum Gasteiger partial charge on any atom is 0.191 e. The Morgan fingerprint density at radius 1 is 1.08 bits per heavy atom. The van der Waals surface area contributed by atoms with Crippen molar-refractivity contribution in [2.45, 2.75) is 44.6 Å². The van der Waals surface area contributed by atoms with Gasteiger partial charge in [0.25, 0.3) is 0 Å². The lowest BCUT2D eigenvalue weighted by Gasteiger charge is -2.28. The van der Waals surface area contributed by atoms with Crippen molar-refractivity contribution in [2.24, 2.45) is 10.7 Å². The zero-order valence-corrected chi connectivity index (χ0v) is 18.2. The van der Waals surface area contributed by atoms with E-state index in [0.29, 0.717) is 5.96 Å². The van der Waals surface area contributed by atoms with E-state index in [0.717, 1.165) is 38.5 Å². The summed E-state index contributed by atoms with van der Waals surface area (Å²) in [5.74, 6) is 1.63. The highest BCUT2D eigenvalue weighted by Gasteiger charge is 2.24. The molecule has 26 heavy (non-hydrogen) atoms. The van der Waals surface area contributed by atoms with Gasteiger partial charge >= 0.3 is 0 Å². The SMILES string of the molecule is COc1cccc(C(CN=C(N)N2CCCCCC2)N2CCCC2)c1.I. The van der Waals surface area contributed by atoms with Crippen molar-refractivity contribution in [1.82, 2.24) is 9.80 Å². The van der Waals surface area contributed by atoms with E-state index in [1.54, 1.807) is 7.11 Å². The third-order valence-electron chi connectivity index (χ3n) is 5.42. The van der Waals surface area contributed by atoms with Crippen LogP contribution < -0.4 is 10.5 Å². The van der Waals surface area contributed by atoms with Crippen LogP contribution in [0.1, 0.15) is 50.1 Å². The third kappa shape index (κ3) is 5.74. The van der Waals surface area contributed by atoms with Crippen LogP contribution in [0, 0.1) is 0 Å². The van der Waals surface area contributed by atoms with Crippen LogP contribution in [0.2, 0.25) is 0 Å². The Kier molecular flexibility index (Phi) is 8.98. The largest absolute Gasteiger partial charge is 0.497 e. The number of ether oxygens (including phenoxy) is 1. The molecule has 2 heterocycles. The molecule has 146 valence electrons. The predicted molar refractivity (Wildman–Crippen MR) is 118 cm³/mol. The molecular weight excluding hydrogens is 439 g/mol. The minimum atomic E-state index is 0. The molecule has 5 nitrogen and oxygen atoms in total. The summed E-state index contributed by atoms with van der Waals surface area (Å²) >= 11 is 0. The lowest BCUT2D eigenvalue weighted by atomic mass is 10.1. The van der Waals surface area contributed by atoms with Gasteiger partial charge in [0, 0.05) is 13.1 Å². The molecule has 1 atom stereocenters. The molecule has 0 aromatic heterocycles. The van der Waals surface area contributed by atoms with E-state index in [9.17, 15) is 0 Å². The predicted octanol–water partition coefficient (Wildman–Crippen LogP) is 3.64. The van der Waals surface area contributed by atoms with Crippen molar-refractivity contribution >= 4 is 29.9 Å². The normalized spacial score (nSPS) is 20.3. The molecule has 1 aromatic carbocycles. The Balaban J connectivity index is 0.00000243. The third-order valence-corrected chi connectivity index (χ3v) is 5.42. The molecule has 2 saturated heterocycles. The number of nitrogens with two attached hydrogens (primary N) is 1. The highest BCUT2D eigenvalue weighted by atomic mass is 127. The number of benzene rings is 1. The van der Waals surface area contributed by atoms with Crippen LogP contribution in [-0.4, -0.2) is 55.6 Å². The fourth-order valence-corrected chi connectivity index (χ4v) is 3.91. The molecule has 2 N–H and O–H groups in total. The molecule has 2 aliphatic rings. The smallest absolute Gasteiger partial charge is 0.191 e. The average Bonchev–Trinajstić information content (AvgIpc) is 3.03. The first-order chi connectivity index (χ1) is 12.3. The molecule has 0 radical (unpaired) electrons. The molecule has 1 unspecified atom stereocenters. The number of hydrogen-bond acceptors (Lipinski definition) is 3. The van der Waals surface area contributed by atoms with E-state index in [1.165, 1.54) is 44.1 Å². The van der Waals surface area contributed by atoms with Gasteiger partial charge in [-0.25, -0.2) is 0 Å². The maximum absolute atomic E-state index is 6.33. The highest BCUT2D eigenvalue weighted by molar-refractivity contribution is 14.0. The quantitative estimate of drug-likeness (QED) is 0.404. The molecule has 0 amide bonds. The van der Waals surface area contributed by atoms with Gasteiger partial charge in [0.2, 0.25) is 0 Å². The fraction of sp³-hybridized carbons (Fsp3) is 0.650. The van der Waals surface area contributed by atoms with Gasteiger partial charge in [0.05, 0.1) is 19.7 Å². The first-order valence-corrected chi connectivity index (χ1v) is 9.71. The molecule has 3 rings (SSSR count). The van der Waals surface area contributed by atoms with Crippen LogP contribution in [0.25, 0.3) is 0 Å².